The van der Waals surface area contributed by atoms with E-state index in [1.54, 1.807) is 0 Å². The zero-order valence-electron chi connectivity index (χ0n) is 5.37. The highest BCUT2D eigenvalue weighted by Crippen LogP contribution is 2.00. The average molecular weight is 146 g/mol. The van der Waals surface area contributed by atoms with Crippen LogP contribution in [0.5, 0.6) is 0 Å². The molecule has 10 heavy (non-hydrogen) atoms. The summed E-state index contributed by atoms with van der Waals surface area (Å²) >= 11 is 0. The monoisotopic (exact) mass is 146 g/mol. The number of carboxylic acid groups (broad SMARTS) is 1. The Bertz CT molecular complexity index is 139. The third-order valence-corrected chi connectivity index (χ3v) is 1.42. The second-order valence-electron chi connectivity index (χ2n) is 2.31. The SMILES string of the molecule is O=C(O)[C@H]1C[C@H](O)CNN1. The Hall–Kier alpha value is -0.650. The van der Waals surface area contributed by atoms with E-state index in [0.29, 0.717) is 6.54 Å². The summed E-state index contributed by atoms with van der Waals surface area (Å²) < 4.78 is 0. The van der Waals surface area contributed by atoms with Gasteiger partial charge in [-0.3, -0.25) is 10.2 Å². The zero-order valence-corrected chi connectivity index (χ0v) is 5.37. The van der Waals surface area contributed by atoms with Crippen LogP contribution in [-0.4, -0.2) is 34.9 Å². The van der Waals surface area contributed by atoms with Crippen molar-refractivity contribution >= 4 is 5.97 Å². The molecular weight excluding hydrogens is 136 g/mol. The molecule has 0 bridgehead atoms. The highest BCUT2D eigenvalue weighted by atomic mass is 16.4. The van der Waals surface area contributed by atoms with Gasteiger partial charge in [0.25, 0.3) is 0 Å². The maximum atomic E-state index is 10.3. The number of aliphatic hydroxyl groups excluding tert-OH is 1. The molecular formula is C5H10N2O3. The van der Waals surface area contributed by atoms with Gasteiger partial charge in [-0.1, -0.05) is 0 Å². The van der Waals surface area contributed by atoms with Gasteiger partial charge in [0.05, 0.1) is 6.10 Å². The van der Waals surface area contributed by atoms with Crippen LogP contribution in [0.3, 0.4) is 0 Å². The third-order valence-electron chi connectivity index (χ3n) is 1.42. The summed E-state index contributed by atoms with van der Waals surface area (Å²) in [4.78, 5) is 10.3. The minimum Gasteiger partial charge on any atom is -0.480 e. The first-order chi connectivity index (χ1) is 4.70. The molecule has 1 aliphatic heterocycles. The quantitative estimate of drug-likeness (QED) is 0.354. The molecule has 0 radical (unpaired) electrons. The number of hydrogen-bond donors (Lipinski definition) is 4. The fourth-order valence-corrected chi connectivity index (χ4v) is 0.877. The van der Waals surface area contributed by atoms with Gasteiger partial charge in [0.2, 0.25) is 0 Å². The topological polar surface area (TPSA) is 81.6 Å². The molecule has 1 rings (SSSR count). The van der Waals surface area contributed by atoms with Gasteiger partial charge in [-0.05, 0) is 0 Å². The highest BCUT2D eigenvalue weighted by Gasteiger charge is 2.24. The van der Waals surface area contributed by atoms with Crippen molar-refractivity contribution in [3.05, 3.63) is 0 Å². The Balaban J connectivity index is 2.39. The lowest BCUT2D eigenvalue weighted by Crippen LogP contribution is -2.54. The molecule has 0 spiro atoms. The fourth-order valence-electron chi connectivity index (χ4n) is 0.877. The molecule has 1 aliphatic rings. The minimum atomic E-state index is -0.939. The maximum Gasteiger partial charge on any atom is 0.322 e. The van der Waals surface area contributed by atoms with Crippen LogP contribution in [0.15, 0.2) is 0 Å². The maximum absolute atomic E-state index is 10.3. The number of hydrazine groups is 1. The Labute approximate surface area is 58.0 Å². The van der Waals surface area contributed by atoms with E-state index in [0.717, 1.165) is 0 Å². The van der Waals surface area contributed by atoms with Crippen LogP contribution >= 0.6 is 0 Å². The number of nitrogens with one attached hydrogen (secondary N) is 2. The number of carbonyl (C=O) groups is 1. The Morgan fingerprint density at radius 1 is 1.60 bits per heavy atom. The normalized spacial score (nSPS) is 33.7. The van der Waals surface area contributed by atoms with Gasteiger partial charge < -0.3 is 10.2 Å². The van der Waals surface area contributed by atoms with Gasteiger partial charge in [-0.2, -0.15) is 0 Å². The summed E-state index contributed by atoms with van der Waals surface area (Å²) in [6.45, 7) is 0.407. The van der Waals surface area contributed by atoms with Crippen LogP contribution in [0.2, 0.25) is 0 Å². The molecule has 0 saturated carbocycles. The number of aliphatic hydroxyl groups is 1. The molecule has 58 valence electrons. The molecule has 5 nitrogen and oxygen atoms in total. The van der Waals surface area contributed by atoms with E-state index in [-0.39, 0.29) is 6.42 Å². The van der Waals surface area contributed by atoms with Crippen molar-refractivity contribution < 1.29 is 15.0 Å². The molecule has 0 aromatic rings. The summed E-state index contributed by atoms with van der Waals surface area (Å²) in [7, 11) is 0. The van der Waals surface area contributed by atoms with Crippen molar-refractivity contribution in [2.45, 2.75) is 18.6 Å². The second kappa shape index (κ2) is 2.96. The van der Waals surface area contributed by atoms with E-state index in [4.69, 9.17) is 10.2 Å². The van der Waals surface area contributed by atoms with Gasteiger partial charge in [0, 0.05) is 13.0 Å². The van der Waals surface area contributed by atoms with Crippen molar-refractivity contribution in [2.24, 2.45) is 0 Å². The summed E-state index contributed by atoms with van der Waals surface area (Å²) in [5.41, 5.74) is 5.12. The molecule has 1 saturated heterocycles. The lowest BCUT2D eigenvalue weighted by atomic mass is 10.1. The van der Waals surface area contributed by atoms with Crippen molar-refractivity contribution in [3.8, 4) is 0 Å². The number of rotatable bonds is 1. The first-order valence-electron chi connectivity index (χ1n) is 3.09. The van der Waals surface area contributed by atoms with E-state index in [1.807, 2.05) is 0 Å². The van der Waals surface area contributed by atoms with E-state index >= 15 is 0 Å². The van der Waals surface area contributed by atoms with Crippen LogP contribution in [0.25, 0.3) is 0 Å². The smallest absolute Gasteiger partial charge is 0.322 e. The van der Waals surface area contributed by atoms with Crippen LogP contribution in [0, 0.1) is 0 Å². The summed E-state index contributed by atoms with van der Waals surface area (Å²) in [5, 5.41) is 17.4. The summed E-state index contributed by atoms with van der Waals surface area (Å²) in [5.74, 6) is -0.939. The Morgan fingerprint density at radius 2 is 2.30 bits per heavy atom. The van der Waals surface area contributed by atoms with Crippen molar-refractivity contribution in [1.29, 1.82) is 0 Å². The first-order valence-corrected chi connectivity index (χ1v) is 3.09. The van der Waals surface area contributed by atoms with E-state index in [1.165, 1.54) is 0 Å². The standard InChI is InChI=1S/C5H10N2O3/c8-3-1-4(5(9)10)7-6-2-3/h3-4,6-8H,1-2H2,(H,9,10)/t3-,4+/m0/s1. The van der Waals surface area contributed by atoms with Crippen molar-refractivity contribution in [2.75, 3.05) is 6.54 Å². The van der Waals surface area contributed by atoms with Crippen LogP contribution in [0.4, 0.5) is 0 Å². The molecule has 4 N–H and O–H groups in total. The average Bonchev–Trinajstić information content (AvgIpc) is 1.88. The molecule has 2 atom stereocenters. The predicted octanol–water partition coefficient (Wildman–Crippen LogP) is -1.70. The fraction of sp³-hybridized carbons (Fsp3) is 0.800. The molecule has 1 heterocycles. The molecule has 0 aliphatic carbocycles. The van der Waals surface area contributed by atoms with Crippen molar-refractivity contribution in [1.82, 2.24) is 10.9 Å². The second-order valence-corrected chi connectivity index (χ2v) is 2.31. The lowest BCUT2D eigenvalue weighted by molar-refractivity contribution is -0.141. The Kier molecular flexibility index (Phi) is 2.21. The van der Waals surface area contributed by atoms with Gasteiger partial charge in [-0.25, -0.2) is 5.43 Å². The van der Waals surface area contributed by atoms with E-state index in [9.17, 15) is 4.79 Å². The molecule has 5 heteroatoms. The van der Waals surface area contributed by atoms with Gasteiger partial charge in [0.15, 0.2) is 0 Å². The molecule has 0 aromatic heterocycles. The van der Waals surface area contributed by atoms with Gasteiger partial charge >= 0.3 is 5.97 Å². The van der Waals surface area contributed by atoms with E-state index < -0.39 is 18.1 Å². The lowest BCUT2D eigenvalue weighted by Gasteiger charge is -2.24. The molecule has 0 aromatic carbocycles. The minimum absolute atomic E-state index is 0.266. The first kappa shape index (κ1) is 7.46. The van der Waals surface area contributed by atoms with Crippen molar-refractivity contribution in [3.63, 3.8) is 0 Å². The summed E-state index contributed by atoms with van der Waals surface area (Å²) in [6, 6.07) is -0.663. The highest BCUT2D eigenvalue weighted by molar-refractivity contribution is 5.73. The molecule has 0 unspecified atom stereocenters. The molecule has 0 amide bonds. The number of β-amino-alcohol motifs (C(OH)–C–C–N with tert-alkyl or cyclic N) is 1. The van der Waals surface area contributed by atoms with Crippen LogP contribution < -0.4 is 10.9 Å². The van der Waals surface area contributed by atoms with Gasteiger partial charge in [0.1, 0.15) is 6.04 Å². The summed E-state index contributed by atoms with van der Waals surface area (Å²) in [6.07, 6.45) is -0.287. The zero-order chi connectivity index (χ0) is 7.56. The third kappa shape index (κ3) is 1.66. The molecule has 1 fully saturated rings. The number of aliphatic carboxylic acids is 1. The van der Waals surface area contributed by atoms with Crippen LogP contribution in [0.1, 0.15) is 6.42 Å². The van der Waals surface area contributed by atoms with Crippen LogP contribution in [-0.2, 0) is 4.79 Å². The van der Waals surface area contributed by atoms with Gasteiger partial charge in [-0.15, -0.1) is 0 Å². The number of carboxylic acids is 1. The number of hydrogen-bond acceptors (Lipinski definition) is 4. The Morgan fingerprint density at radius 3 is 2.70 bits per heavy atom. The van der Waals surface area contributed by atoms with E-state index in [2.05, 4.69) is 10.9 Å². The largest absolute Gasteiger partial charge is 0.480 e. The predicted molar refractivity (Wildman–Crippen MR) is 33.2 cm³/mol.